The summed E-state index contributed by atoms with van der Waals surface area (Å²) in [5.41, 5.74) is -3.26. The maximum atomic E-state index is 13.0. The number of carbonyl (C=O) groups is 1. The molecular formula is C11H15F3N2O3. The van der Waals surface area contributed by atoms with Crippen molar-refractivity contribution in [1.29, 1.82) is 0 Å². The van der Waals surface area contributed by atoms with E-state index < -0.39 is 29.0 Å². The van der Waals surface area contributed by atoms with Crippen molar-refractivity contribution in [2.45, 2.75) is 39.1 Å². The molecule has 0 unspecified atom stereocenters. The van der Waals surface area contributed by atoms with Crippen LogP contribution in [0, 0.1) is 0 Å². The number of hydrogen-bond acceptors (Lipinski definition) is 4. The molecule has 1 rings (SSSR count). The molecule has 1 N–H and O–H groups in total. The molecule has 0 saturated carbocycles. The van der Waals surface area contributed by atoms with Gasteiger partial charge in [-0.15, -0.1) is 0 Å². The molecule has 0 fully saturated rings. The van der Waals surface area contributed by atoms with Gasteiger partial charge in [-0.2, -0.15) is 18.3 Å². The minimum atomic E-state index is -4.76. The number of hydrogen-bond donors (Lipinski definition) is 1. The molecule has 0 aliphatic heterocycles. The second-order valence-corrected chi connectivity index (χ2v) is 4.60. The van der Waals surface area contributed by atoms with Gasteiger partial charge in [-0.3, -0.25) is 4.68 Å². The van der Waals surface area contributed by atoms with Crippen LogP contribution in [0.1, 0.15) is 36.8 Å². The number of halogens is 3. The number of rotatable bonds is 4. The molecular weight excluding hydrogens is 265 g/mol. The van der Waals surface area contributed by atoms with Crippen molar-refractivity contribution in [2.75, 3.05) is 6.61 Å². The third-order valence-electron chi connectivity index (χ3n) is 2.14. The van der Waals surface area contributed by atoms with E-state index in [1.165, 1.54) is 20.8 Å². The molecule has 0 aliphatic carbocycles. The molecule has 1 heterocycles. The molecule has 19 heavy (non-hydrogen) atoms. The molecule has 0 bridgehead atoms. The van der Waals surface area contributed by atoms with Gasteiger partial charge in [-0.1, -0.05) is 0 Å². The van der Waals surface area contributed by atoms with Crippen LogP contribution < -0.4 is 0 Å². The van der Waals surface area contributed by atoms with E-state index in [9.17, 15) is 23.1 Å². The van der Waals surface area contributed by atoms with Gasteiger partial charge < -0.3 is 9.84 Å². The minimum absolute atomic E-state index is 0.0349. The Morgan fingerprint density at radius 1 is 1.47 bits per heavy atom. The predicted molar refractivity (Wildman–Crippen MR) is 59.5 cm³/mol. The summed E-state index contributed by atoms with van der Waals surface area (Å²) in [4.78, 5) is 11.5. The highest BCUT2D eigenvalue weighted by Gasteiger charge is 2.41. The lowest BCUT2D eigenvalue weighted by molar-refractivity contribution is -0.145. The first kappa shape index (κ1) is 15.5. The zero-order valence-corrected chi connectivity index (χ0v) is 10.8. The van der Waals surface area contributed by atoms with Gasteiger partial charge in [-0.25, -0.2) is 4.79 Å². The standard InChI is InChI=1S/C11H15F3N2O3/c1-4-19-9(17)7-5-15-16(6-10(2,3)18)8(7)11(12,13)14/h5,18H,4,6H2,1-3H3. The van der Waals surface area contributed by atoms with Crippen LogP contribution >= 0.6 is 0 Å². The molecule has 1 aromatic rings. The van der Waals surface area contributed by atoms with Crippen molar-refractivity contribution in [2.24, 2.45) is 0 Å². The topological polar surface area (TPSA) is 64.3 Å². The first-order valence-electron chi connectivity index (χ1n) is 5.58. The van der Waals surface area contributed by atoms with Gasteiger partial charge in [0, 0.05) is 0 Å². The zero-order chi connectivity index (χ0) is 14.8. The van der Waals surface area contributed by atoms with E-state index in [2.05, 4.69) is 9.84 Å². The summed E-state index contributed by atoms with van der Waals surface area (Å²) in [6.07, 6.45) is -3.96. The molecule has 0 radical (unpaired) electrons. The number of carbonyl (C=O) groups excluding carboxylic acids is 1. The fourth-order valence-electron chi connectivity index (χ4n) is 1.53. The van der Waals surface area contributed by atoms with Gasteiger partial charge in [0.15, 0.2) is 5.69 Å². The van der Waals surface area contributed by atoms with Crippen molar-refractivity contribution in [3.63, 3.8) is 0 Å². The number of esters is 1. The summed E-state index contributed by atoms with van der Waals surface area (Å²) < 4.78 is 44.0. The Bertz CT molecular complexity index is 461. The van der Waals surface area contributed by atoms with Gasteiger partial charge >= 0.3 is 12.1 Å². The van der Waals surface area contributed by atoms with Crippen LogP contribution in [0.15, 0.2) is 6.20 Å². The van der Waals surface area contributed by atoms with Crippen LogP contribution in [0.25, 0.3) is 0 Å². The number of ether oxygens (including phenoxy) is 1. The monoisotopic (exact) mass is 280 g/mol. The molecule has 0 atom stereocenters. The highest BCUT2D eigenvalue weighted by Crippen LogP contribution is 2.33. The maximum absolute atomic E-state index is 13.0. The lowest BCUT2D eigenvalue weighted by atomic mass is 10.1. The Kier molecular flexibility index (Phi) is 4.24. The Morgan fingerprint density at radius 2 is 2.05 bits per heavy atom. The van der Waals surface area contributed by atoms with Crippen molar-refractivity contribution in [1.82, 2.24) is 9.78 Å². The normalized spacial score (nSPS) is 12.6. The maximum Gasteiger partial charge on any atom is 0.433 e. The van der Waals surface area contributed by atoms with Gasteiger partial charge in [0.05, 0.1) is 24.9 Å². The fraction of sp³-hybridized carbons (Fsp3) is 0.636. The summed E-state index contributed by atoms with van der Waals surface area (Å²) in [5, 5.41) is 13.1. The van der Waals surface area contributed by atoms with E-state index in [1.54, 1.807) is 0 Å². The van der Waals surface area contributed by atoms with Gasteiger partial charge in [0.25, 0.3) is 0 Å². The Balaban J connectivity index is 3.24. The van der Waals surface area contributed by atoms with Gasteiger partial charge in [-0.05, 0) is 20.8 Å². The Labute approximate surface area is 108 Å². The summed E-state index contributed by atoms with van der Waals surface area (Å²) in [6, 6.07) is 0. The largest absolute Gasteiger partial charge is 0.462 e. The molecule has 5 nitrogen and oxygen atoms in total. The van der Waals surface area contributed by atoms with E-state index in [-0.39, 0.29) is 13.2 Å². The van der Waals surface area contributed by atoms with Gasteiger partial charge in [0.2, 0.25) is 0 Å². The SMILES string of the molecule is CCOC(=O)c1cnn(CC(C)(C)O)c1C(F)(F)F. The molecule has 0 aromatic carbocycles. The van der Waals surface area contributed by atoms with Crippen LogP contribution in [0.4, 0.5) is 13.2 Å². The van der Waals surface area contributed by atoms with Crippen molar-refractivity contribution in [3.8, 4) is 0 Å². The van der Waals surface area contributed by atoms with Crippen LogP contribution in [-0.2, 0) is 17.5 Å². The summed E-state index contributed by atoms with van der Waals surface area (Å²) in [6.45, 7) is 3.76. The number of aromatic nitrogens is 2. The lowest BCUT2D eigenvalue weighted by Crippen LogP contribution is -2.30. The van der Waals surface area contributed by atoms with Gasteiger partial charge in [0.1, 0.15) is 5.56 Å². The highest BCUT2D eigenvalue weighted by molar-refractivity contribution is 5.90. The van der Waals surface area contributed by atoms with Crippen LogP contribution in [0.3, 0.4) is 0 Å². The fourth-order valence-corrected chi connectivity index (χ4v) is 1.53. The number of aliphatic hydroxyl groups is 1. The van der Waals surface area contributed by atoms with Crippen molar-refractivity contribution >= 4 is 5.97 Å². The average molecular weight is 280 g/mol. The highest BCUT2D eigenvalue weighted by atomic mass is 19.4. The second kappa shape index (κ2) is 5.20. The predicted octanol–water partition coefficient (Wildman–Crippen LogP) is 1.85. The first-order chi connectivity index (χ1) is 8.56. The van der Waals surface area contributed by atoms with Crippen LogP contribution in [-0.4, -0.2) is 33.1 Å². The van der Waals surface area contributed by atoms with Crippen molar-refractivity contribution < 1.29 is 27.8 Å². The molecule has 0 amide bonds. The molecule has 0 aliphatic rings. The molecule has 108 valence electrons. The molecule has 8 heteroatoms. The number of alkyl halides is 3. The van der Waals surface area contributed by atoms with E-state index in [1.807, 2.05) is 0 Å². The minimum Gasteiger partial charge on any atom is -0.462 e. The summed E-state index contributed by atoms with van der Waals surface area (Å²) >= 11 is 0. The molecule has 0 spiro atoms. The first-order valence-corrected chi connectivity index (χ1v) is 5.58. The third kappa shape index (κ3) is 3.95. The third-order valence-corrected chi connectivity index (χ3v) is 2.14. The van der Waals surface area contributed by atoms with Crippen LogP contribution in [0.5, 0.6) is 0 Å². The number of nitrogens with zero attached hydrogens (tertiary/aromatic N) is 2. The second-order valence-electron chi connectivity index (χ2n) is 4.60. The van der Waals surface area contributed by atoms with E-state index in [0.29, 0.717) is 4.68 Å². The van der Waals surface area contributed by atoms with E-state index in [0.717, 1.165) is 6.20 Å². The Morgan fingerprint density at radius 3 is 2.47 bits per heavy atom. The summed E-state index contributed by atoms with van der Waals surface area (Å²) in [7, 11) is 0. The van der Waals surface area contributed by atoms with E-state index in [4.69, 9.17) is 0 Å². The van der Waals surface area contributed by atoms with Crippen molar-refractivity contribution in [3.05, 3.63) is 17.5 Å². The average Bonchev–Trinajstić information content (AvgIpc) is 2.58. The molecule has 1 aromatic heterocycles. The summed E-state index contributed by atoms with van der Waals surface area (Å²) in [5.74, 6) is -1.09. The van der Waals surface area contributed by atoms with Crippen LogP contribution in [0.2, 0.25) is 0 Å². The van der Waals surface area contributed by atoms with E-state index >= 15 is 0 Å². The molecule has 0 saturated heterocycles. The zero-order valence-electron chi connectivity index (χ0n) is 10.8. The smallest absolute Gasteiger partial charge is 0.433 e. The quantitative estimate of drug-likeness (QED) is 0.855. The Hall–Kier alpha value is -1.57. The lowest BCUT2D eigenvalue weighted by Gasteiger charge is -2.19.